The van der Waals surface area contributed by atoms with Crippen molar-refractivity contribution in [3.63, 3.8) is 0 Å². The number of nitrogens with zero attached hydrogens (tertiary/aromatic N) is 4. The number of anilines is 1. The quantitative estimate of drug-likeness (QED) is 0.690. The highest BCUT2D eigenvalue weighted by Gasteiger charge is 2.47. The van der Waals surface area contributed by atoms with Crippen LogP contribution in [0.2, 0.25) is 0 Å². The third kappa shape index (κ3) is 3.26. The van der Waals surface area contributed by atoms with Gasteiger partial charge in [-0.1, -0.05) is 18.2 Å². The standard InChI is InChI=1S/C21H22N6O3/c28-18(24-15-4-2-1-3-5-15)17-14-27-13-10-22-20(27)21(30-17)7-11-26(12-8-21)19(29)16-6-9-23-25-16/h1-6,9-10,13,17H,7-8,11-12,14H2,(H,23,25)(H,24,28)/t17-/m1/s1. The Labute approximate surface area is 173 Å². The van der Waals surface area contributed by atoms with Gasteiger partial charge in [0.05, 0.1) is 6.54 Å². The molecule has 1 saturated heterocycles. The fourth-order valence-electron chi connectivity index (χ4n) is 4.24. The van der Waals surface area contributed by atoms with Gasteiger partial charge in [-0.15, -0.1) is 0 Å². The van der Waals surface area contributed by atoms with E-state index in [1.807, 2.05) is 41.1 Å². The minimum atomic E-state index is -0.689. The van der Waals surface area contributed by atoms with E-state index in [9.17, 15) is 9.59 Å². The summed E-state index contributed by atoms with van der Waals surface area (Å²) in [4.78, 5) is 31.8. The third-order valence-electron chi connectivity index (χ3n) is 5.78. The summed E-state index contributed by atoms with van der Waals surface area (Å²) in [7, 11) is 0. The molecule has 1 aromatic carbocycles. The number of ether oxygens (including phenoxy) is 1. The summed E-state index contributed by atoms with van der Waals surface area (Å²) in [5.74, 6) is 0.552. The van der Waals surface area contributed by atoms with Crippen LogP contribution in [-0.2, 0) is 21.7 Å². The second-order valence-corrected chi connectivity index (χ2v) is 7.62. The van der Waals surface area contributed by atoms with Crippen LogP contribution in [-0.4, -0.2) is 55.7 Å². The summed E-state index contributed by atoms with van der Waals surface area (Å²) in [5.41, 5.74) is 0.513. The van der Waals surface area contributed by atoms with Gasteiger partial charge in [0.15, 0.2) is 6.10 Å². The molecule has 0 unspecified atom stereocenters. The number of fused-ring (bicyclic) bond motifs is 2. The minimum absolute atomic E-state index is 0.0835. The van der Waals surface area contributed by atoms with Crippen molar-refractivity contribution in [2.24, 2.45) is 0 Å². The Hall–Kier alpha value is -3.46. The van der Waals surface area contributed by atoms with Gasteiger partial charge in [0.1, 0.15) is 17.1 Å². The molecular formula is C21H22N6O3. The Morgan fingerprint density at radius 1 is 1.13 bits per heavy atom. The number of hydrogen-bond donors (Lipinski definition) is 2. The van der Waals surface area contributed by atoms with Gasteiger partial charge in [-0.05, 0) is 18.2 Å². The van der Waals surface area contributed by atoms with Crippen molar-refractivity contribution in [1.29, 1.82) is 0 Å². The van der Waals surface area contributed by atoms with Crippen LogP contribution < -0.4 is 5.32 Å². The van der Waals surface area contributed by atoms with Gasteiger partial charge in [-0.3, -0.25) is 14.7 Å². The predicted molar refractivity (Wildman–Crippen MR) is 108 cm³/mol. The van der Waals surface area contributed by atoms with Crippen LogP contribution in [0, 0.1) is 0 Å². The second kappa shape index (κ2) is 7.42. The molecule has 2 amide bonds. The van der Waals surface area contributed by atoms with Crippen molar-refractivity contribution in [3.05, 3.63) is 66.5 Å². The molecule has 30 heavy (non-hydrogen) atoms. The molecule has 5 rings (SSSR count). The number of aromatic amines is 1. The number of para-hydroxylation sites is 1. The first-order valence-electron chi connectivity index (χ1n) is 9.99. The van der Waals surface area contributed by atoms with Gasteiger partial charge in [-0.25, -0.2) is 4.98 Å². The van der Waals surface area contributed by atoms with E-state index in [2.05, 4.69) is 20.5 Å². The Morgan fingerprint density at radius 2 is 1.93 bits per heavy atom. The Bertz CT molecular complexity index is 1040. The maximum Gasteiger partial charge on any atom is 0.271 e. The summed E-state index contributed by atoms with van der Waals surface area (Å²) in [6, 6.07) is 11.0. The summed E-state index contributed by atoms with van der Waals surface area (Å²) >= 11 is 0. The Balaban J connectivity index is 1.33. The average Bonchev–Trinajstić information content (AvgIpc) is 3.47. The van der Waals surface area contributed by atoms with E-state index in [0.717, 1.165) is 11.5 Å². The van der Waals surface area contributed by atoms with E-state index < -0.39 is 11.7 Å². The number of carbonyl (C=O) groups excluding carboxylic acids is 2. The molecule has 2 aliphatic rings. The molecule has 1 spiro atoms. The minimum Gasteiger partial charge on any atom is -0.352 e. The molecule has 3 aromatic rings. The molecule has 9 heteroatoms. The van der Waals surface area contributed by atoms with E-state index in [1.165, 1.54) is 0 Å². The number of nitrogens with one attached hydrogen (secondary N) is 2. The fourth-order valence-corrected chi connectivity index (χ4v) is 4.24. The molecule has 2 N–H and O–H groups in total. The molecule has 0 aliphatic carbocycles. The number of carbonyl (C=O) groups is 2. The normalized spacial score (nSPS) is 20.0. The highest BCUT2D eigenvalue weighted by Crippen LogP contribution is 2.40. The molecule has 2 aromatic heterocycles. The Kier molecular flexibility index (Phi) is 4.59. The van der Waals surface area contributed by atoms with E-state index in [-0.39, 0.29) is 11.8 Å². The van der Waals surface area contributed by atoms with Gasteiger partial charge in [0, 0.05) is 50.2 Å². The molecule has 0 bridgehead atoms. The van der Waals surface area contributed by atoms with Crippen LogP contribution in [0.4, 0.5) is 5.69 Å². The number of rotatable bonds is 3. The van der Waals surface area contributed by atoms with Gasteiger partial charge in [-0.2, -0.15) is 5.10 Å². The van der Waals surface area contributed by atoms with Crippen molar-refractivity contribution >= 4 is 17.5 Å². The number of H-pyrrole nitrogens is 1. The van der Waals surface area contributed by atoms with Gasteiger partial charge in [0.25, 0.3) is 11.8 Å². The van der Waals surface area contributed by atoms with Gasteiger partial charge < -0.3 is 19.5 Å². The monoisotopic (exact) mass is 406 g/mol. The van der Waals surface area contributed by atoms with Crippen LogP contribution in [0.15, 0.2) is 55.0 Å². The SMILES string of the molecule is O=C(Nc1ccccc1)[C@H]1Cn2ccnc2C2(CCN(C(=O)c3ccn[nH]3)CC2)O1. The van der Waals surface area contributed by atoms with Crippen LogP contribution in [0.3, 0.4) is 0 Å². The van der Waals surface area contributed by atoms with Crippen LogP contribution in [0.5, 0.6) is 0 Å². The zero-order valence-corrected chi connectivity index (χ0v) is 16.3. The molecule has 9 nitrogen and oxygen atoms in total. The fraction of sp³-hybridized carbons (Fsp3) is 0.333. The van der Waals surface area contributed by atoms with Gasteiger partial charge >= 0.3 is 0 Å². The summed E-state index contributed by atoms with van der Waals surface area (Å²) in [5, 5.41) is 9.50. The number of aromatic nitrogens is 4. The number of piperidine rings is 1. The number of imidazole rings is 1. The second-order valence-electron chi connectivity index (χ2n) is 7.62. The van der Waals surface area contributed by atoms with Crippen molar-refractivity contribution in [2.75, 3.05) is 18.4 Å². The van der Waals surface area contributed by atoms with E-state index in [4.69, 9.17) is 4.74 Å². The number of hydrogen-bond acceptors (Lipinski definition) is 5. The molecule has 4 heterocycles. The van der Waals surface area contributed by atoms with Crippen molar-refractivity contribution < 1.29 is 14.3 Å². The highest BCUT2D eigenvalue weighted by atomic mass is 16.5. The first kappa shape index (κ1) is 18.6. The summed E-state index contributed by atoms with van der Waals surface area (Å²) in [6.07, 6.45) is 5.68. The summed E-state index contributed by atoms with van der Waals surface area (Å²) in [6.45, 7) is 1.43. The molecule has 0 saturated carbocycles. The van der Waals surface area contributed by atoms with E-state index in [1.54, 1.807) is 23.4 Å². The van der Waals surface area contributed by atoms with Gasteiger partial charge in [0.2, 0.25) is 0 Å². The molecule has 1 fully saturated rings. The molecule has 2 aliphatic heterocycles. The number of amides is 2. The largest absolute Gasteiger partial charge is 0.352 e. The highest BCUT2D eigenvalue weighted by molar-refractivity contribution is 5.94. The predicted octanol–water partition coefficient (Wildman–Crippen LogP) is 1.78. The third-order valence-corrected chi connectivity index (χ3v) is 5.78. The maximum absolute atomic E-state index is 12.9. The zero-order valence-electron chi connectivity index (χ0n) is 16.3. The van der Waals surface area contributed by atoms with Crippen molar-refractivity contribution in [3.8, 4) is 0 Å². The van der Waals surface area contributed by atoms with Crippen molar-refractivity contribution in [2.45, 2.75) is 31.1 Å². The molecular weight excluding hydrogens is 384 g/mol. The van der Waals surface area contributed by atoms with Crippen LogP contribution in [0.1, 0.15) is 29.2 Å². The smallest absolute Gasteiger partial charge is 0.271 e. The lowest BCUT2D eigenvalue weighted by molar-refractivity contribution is -0.168. The lowest BCUT2D eigenvalue weighted by Gasteiger charge is -2.45. The first-order valence-corrected chi connectivity index (χ1v) is 9.99. The zero-order chi connectivity index (χ0) is 20.6. The number of benzene rings is 1. The van der Waals surface area contributed by atoms with E-state index in [0.29, 0.717) is 38.2 Å². The maximum atomic E-state index is 12.9. The molecule has 1 atom stereocenters. The summed E-state index contributed by atoms with van der Waals surface area (Å²) < 4.78 is 8.39. The van der Waals surface area contributed by atoms with E-state index >= 15 is 0 Å². The van der Waals surface area contributed by atoms with Crippen molar-refractivity contribution in [1.82, 2.24) is 24.6 Å². The lowest BCUT2D eigenvalue weighted by atomic mass is 9.88. The molecule has 154 valence electrons. The average molecular weight is 406 g/mol. The Morgan fingerprint density at radius 3 is 2.67 bits per heavy atom. The topological polar surface area (TPSA) is 105 Å². The van der Waals surface area contributed by atoms with Crippen LogP contribution in [0.25, 0.3) is 0 Å². The number of likely N-dealkylation sites (tertiary alicyclic amines) is 1. The first-order chi connectivity index (χ1) is 14.6. The molecule has 0 radical (unpaired) electrons. The lowest BCUT2D eigenvalue weighted by Crippen LogP contribution is -2.54. The van der Waals surface area contributed by atoms with Crippen LogP contribution >= 0.6 is 0 Å².